The zero-order valence-corrected chi connectivity index (χ0v) is 9.26. The van der Waals surface area contributed by atoms with Crippen LogP contribution in [-0.4, -0.2) is 23.4 Å². The first-order chi connectivity index (χ1) is 7.41. The summed E-state index contributed by atoms with van der Waals surface area (Å²) in [7, 11) is 0. The topological polar surface area (TPSA) is 40.5 Å². The van der Waals surface area contributed by atoms with Crippen molar-refractivity contribution in [3.63, 3.8) is 0 Å². The van der Waals surface area contributed by atoms with Crippen LogP contribution in [0.4, 0.5) is 0 Å². The van der Waals surface area contributed by atoms with Crippen LogP contribution in [-0.2, 0) is 0 Å². The lowest BCUT2D eigenvalue weighted by Crippen LogP contribution is -1.79. The normalized spacial score (nSPS) is 8.67. The quantitative estimate of drug-likeness (QED) is 0.515. The lowest BCUT2D eigenvalue weighted by Gasteiger charge is -1.92. The summed E-state index contributed by atoms with van der Waals surface area (Å²) >= 11 is 0. The summed E-state index contributed by atoms with van der Waals surface area (Å²) in [5.74, 6) is 11.8. The van der Waals surface area contributed by atoms with Gasteiger partial charge in [0.2, 0.25) is 0 Å². The van der Waals surface area contributed by atoms with E-state index >= 15 is 0 Å². The van der Waals surface area contributed by atoms with E-state index in [4.69, 9.17) is 10.2 Å². The molecule has 2 nitrogen and oxygen atoms in total. The first-order valence-electron chi connectivity index (χ1n) is 5.55. The van der Waals surface area contributed by atoms with Crippen molar-refractivity contribution in [3.8, 4) is 23.7 Å². The Labute approximate surface area is 92.7 Å². The maximum absolute atomic E-state index is 8.47. The molecular formula is C13H20O2. The van der Waals surface area contributed by atoms with Crippen molar-refractivity contribution in [1.29, 1.82) is 0 Å². The van der Waals surface area contributed by atoms with Gasteiger partial charge in [-0.3, -0.25) is 0 Å². The number of aliphatic hydroxyl groups excluding tert-OH is 2. The molecule has 0 aliphatic rings. The van der Waals surface area contributed by atoms with E-state index in [2.05, 4.69) is 23.7 Å². The Morgan fingerprint density at radius 3 is 1.33 bits per heavy atom. The Morgan fingerprint density at radius 2 is 0.933 bits per heavy atom. The molecule has 0 radical (unpaired) electrons. The van der Waals surface area contributed by atoms with Crippen LogP contribution in [0.2, 0.25) is 0 Å². The first kappa shape index (κ1) is 14.0. The summed E-state index contributed by atoms with van der Waals surface area (Å²) in [5.41, 5.74) is 0. The minimum atomic E-state index is 0.160. The van der Waals surface area contributed by atoms with E-state index < -0.39 is 0 Å². The number of aliphatic hydroxyl groups is 2. The van der Waals surface area contributed by atoms with Crippen LogP contribution in [0.25, 0.3) is 0 Å². The molecule has 0 aromatic rings. The van der Waals surface area contributed by atoms with Crippen LogP contribution in [0.15, 0.2) is 0 Å². The van der Waals surface area contributed by atoms with Gasteiger partial charge in [0.1, 0.15) is 0 Å². The Hall–Kier alpha value is -0.960. The van der Waals surface area contributed by atoms with Gasteiger partial charge in [-0.15, -0.1) is 23.7 Å². The minimum Gasteiger partial charge on any atom is -0.395 e. The van der Waals surface area contributed by atoms with Gasteiger partial charge in [-0.1, -0.05) is 6.42 Å². The van der Waals surface area contributed by atoms with Crippen molar-refractivity contribution in [2.45, 2.75) is 44.9 Å². The lowest BCUT2D eigenvalue weighted by molar-refractivity contribution is 0.304. The Morgan fingerprint density at radius 1 is 0.533 bits per heavy atom. The standard InChI is InChI=1S/C13H20O2/c14-12-10-8-6-4-2-1-3-5-7-9-11-13-15/h14-15H,1-5,10-13H2. The molecule has 0 aliphatic carbocycles. The zero-order valence-electron chi connectivity index (χ0n) is 9.26. The molecule has 0 fully saturated rings. The van der Waals surface area contributed by atoms with Crippen LogP contribution >= 0.6 is 0 Å². The van der Waals surface area contributed by atoms with Crippen LogP contribution in [0, 0.1) is 23.7 Å². The van der Waals surface area contributed by atoms with E-state index in [0.717, 1.165) is 32.1 Å². The molecule has 0 aromatic heterocycles. The molecule has 84 valence electrons. The van der Waals surface area contributed by atoms with Crippen LogP contribution in [0.1, 0.15) is 44.9 Å². The van der Waals surface area contributed by atoms with Gasteiger partial charge in [-0.2, -0.15) is 0 Å². The summed E-state index contributed by atoms with van der Waals surface area (Å²) < 4.78 is 0. The van der Waals surface area contributed by atoms with E-state index in [0.29, 0.717) is 12.8 Å². The fourth-order valence-corrected chi connectivity index (χ4v) is 1.07. The highest BCUT2D eigenvalue weighted by atomic mass is 16.3. The molecular weight excluding hydrogens is 188 g/mol. The molecule has 15 heavy (non-hydrogen) atoms. The molecule has 0 saturated carbocycles. The molecule has 0 amide bonds. The van der Waals surface area contributed by atoms with Gasteiger partial charge in [-0.25, -0.2) is 0 Å². The van der Waals surface area contributed by atoms with Gasteiger partial charge in [0.15, 0.2) is 0 Å². The average Bonchev–Trinajstić information content (AvgIpc) is 2.26. The molecule has 0 heterocycles. The predicted octanol–water partition coefficient (Wildman–Crippen LogP) is 1.71. The molecule has 2 heteroatoms. The van der Waals surface area contributed by atoms with E-state index in [1.54, 1.807) is 0 Å². The van der Waals surface area contributed by atoms with Gasteiger partial charge in [0, 0.05) is 25.7 Å². The van der Waals surface area contributed by atoms with Crippen molar-refractivity contribution in [2.24, 2.45) is 0 Å². The predicted molar refractivity (Wildman–Crippen MR) is 62.0 cm³/mol. The van der Waals surface area contributed by atoms with Gasteiger partial charge >= 0.3 is 0 Å². The Bertz CT molecular complexity index is 211. The van der Waals surface area contributed by atoms with Gasteiger partial charge in [0.05, 0.1) is 13.2 Å². The highest BCUT2D eigenvalue weighted by Gasteiger charge is 1.85. The highest BCUT2D eigenvalue weighted by Crippen LogP contribution is 2.01. The number of hydrogen-bond donors (Lipinski definition) is 2. The zero-order chi connectivity index (χ0) is 11.2. The summed E-state index contributed by atoms with van der Waals surface area (Å²) in [5, 5.41) is 16.9. The number of rotatable bonds is 6. The third-order valence-corrected chi connectivity index (χ3v) is 1.83. The summed E-state index contributed by atoms with van der Waals surface area (Å²) in [4.78, 5) is 0. The lowest BCUT2D eigenvalue weighted by atomic mass is 10.1. The van der Waals surface area contributed by atoms with E-state index in [1.165, 1.54) is 0 Å². The van der Waals surface area contributed by atoms with Gasteiger partial charge < -0.3 is 10.2 Å². The van der Waals surface area contributed by atoms with Crippen molar-refractivity contribution in [1.82, 2.24) is 0 Å². The summed E-state index contributed by atoms with van der Waals surface area (Å²) in [6.45, 7) is 0.320. The summed E-state index contributed by atoms with van der Waals surface area (Å²) in [6.07, 6.45) is 6.40. The maximum Gasteiger partial charge on any atom is 0.0540 e. The fourth-order valence-electron chi connectivity index (χ4n) is 1.07. The minimum absolute atomic E-state index is 0.160. The Kier molecular flexibility index (Phi) is 12.2. The molecule has 0 bridgehead atoms. The van der Waals surface area contributed by atoms with Crippen LogP contribution in [0.5, 0.6) is 0 Å². The molecule has 0 rings (SSSR count). The first-order valence-corrected chi connectivity index (χ1v) is 5.55. The molecule has 0 spiro atoms. The molecule has 0 aromatic carbocycles. The SMILES string of the molecule is OCCC#CCCCCCC#CCCO. The molecule has 0 aliphatic heterocycles. The van der Waals surface area contributed by atoms with E-state index in [9.17, 15) is 0 Å². The smallest absolute Gasteiger partial charge is 0.0540 e. The molecule has 0 unspecified atom stereocenters. The number of unbranched alkanes of at least 4 members (excludes halogenated alkanes) is 4. The van der Waals surface area contributed by atoms with Crippen LogP contribution < -0.4 is 0 Å². The second-order valence-electron chi connectivity index (χ2n) is 3.21. The van der Waals surface area contributed by atoms with E-state index in [1.807, 2.05) is 0 Å². The molecule has 0 saturated heterocycles. The van der Waals surface area contributed by atoms with Crippen molar-refractivity contribution in [3.05, 3.63) is 0 Å². The fraction of sp³-hybridized carbons (Fsp3) is 0.692. The monoisotopic (exact) mass is 208 g/mol. The molecule has 0 atom stereocenters. The van der Waals surface area contributed by atoms with Crippen molar-refractivity contribution in [2.75, 3.05) is 13.2 Å². The van der Waals surface area contributed by atoms with E-state index in [-0.39, 0.29) is 13.2 Å². The van der Waals surface area contributed by atoms with Gasteiger partial charge in [0.25, 0.3) is 0 Å². The second-order valence-corrected chi connectivity index (χ2v) is 3.21. The summed E-state index contributed by atoms with van der Waals surface area (Å²) in [6, 6.07) is 0. The largest absolute Gasteiger partial charge is 0.395 e. The second kappa shape index (κ2) is 13.0. The third kappa shape index (κ3) is 13.0. The third-order valence-electron chi connectivity index (χ3n) is 1.83. The highest BCUT2D eigenvalue weighted by molar-refractivity contribution is 4.99. The average molecular weight is 208 g/mol. The van der Waals surface area contributed by atoms with Crippen LogP contribution in [0.3, 0.4) is 0 Å². The number of hydrogen-bond acceptors (Lipinski definition) is 2. The molecule has 2 N–H and O–H groups in total. The Balaban J connectivity index is 3.13. The maximum atomic E-state index is 8.47. The van der Waals surface area contributed by atoms with Gasteiger partial charge in [-0.05, 0) is 12.8 Å². The van der Waals surface area contributed by atoms with Crippen molar-refractivity contribution >= 4 is 0 Å². The van der Waals surface area contributed by atoms with Crippen molar-refractivity contribution < 1.29 is 10.2 Å².